The monoisotopic (exact) mass is 238 g/mol. The van der Waals surface area contributed by atoms with Gasteiger partial charge >= 0.3 is 5.97 Å². The predicted molar refractivity (Wildman–Crippen MR) is 64.2 cm³/mol. The average molecular weight is 238 g/mol. The number of carboxylic acid groups (broad SMARTS) is 1. The summed E-state index contributed by atoms with van der Waals surface area (Å²) in [6.07, 6.45) is 0.699. The van der Waals surface area contributed by atoms with Gasteiger partial charge in [0.2, 0.25) is 0 Å². The highest BCUT2D eigenvalue weighted by Gasteiger charge is 2.13. The Balaban J connectivity index is 2.81. The summed E-state index contributed by atoms with van der Waals surface area (Å²) in [5.74, 6) is -0.977. The third-order valence-electron chi connectivity index (χ3n) is 2.64. The van der Waals surface area contributed by atoms with Gasteiger partial charge in [-0.15, -0.1) is 0 Å². The van der Waals surface area contributed by atoms with Crippen molar-refractivity contribution in [2.45, 2.75) is 32.3 Å². The number of hydrogen-bond donors (Lipinski definition) is 3. The SMILES string of the molecule is Cc1ccc(C(=O)O)c(CC(O)CCCO)c1. The minimum atomic E-state index is -0.977. The van der Waals surface area contributed by atoms with E-state index in [2.05, 4.69) is 0 Å². The minimum Gasteiger partial charge on any atom is -0.478 e. The highest BCUT2D eigenvalue weighted by molar-refractivity contribution is 5.89. The van der Waals surface area contributed by atoms with Gasteiger partial charge in [-0.1, -0.05) is 17.7 Å². The van der Waals surface area contributed by atoms with Crippen molar-refractivity contribution in [1.29, 1.82) is 0 Å². The lowest BCUT2D eigenvalue weighted by atomic mass is 9.97. The first kappa shape index (κ1) is 13.7. The molecule has 0 spiro atoms. The number of carbonyl (C=O) groups is 1. The number of carboxylic acids is 1. The average Bonchev–Trinajstić information content (AvgIpc) is 2.26. The van der Waals surface area contributed by atoms with Crippen LogP contribution in [0.1, 0.15) is 34.3 Å². The second-order valence-corrected chi connectivity index (χ2v) is 4.19. The molecule has 0 radical (unpaired) electrons. The molecular weight excluding hydrogens is 220 g/mol. The third kappa shape index (κ3) is 4.17. The Kier molecular flexibility index (Phi) is 5.12. The van der Waals surface area contributed by atoms with Gasteiger partial charge in [0.05, 0.1) is 11.7 Å². The van der Waals surface area contributed by atoms with Gasteiger partial charge in [0.15, 0.2) is 0 Å². The maximum Gasteiger partial charge on any atom is 0.335 e. The van der Waals surface area contributed by atoms with Gasteiger partial charge in [0.25, 0.3) is 0 Å². The lowest BCUT2D eigenvalue weighted by molar-refractivity contribution is 0.0694. The van der Waals surface area contributed by atoms with Crippen LogP contribution in [0, 0.1) is 6.92 Å². The lowest BCUT2D eigenvalue weighted by Crippen LogP contribution is -2.14. The molecule has 0 saturated heterocycles. The number of aliphatic hydroxyl groups excluding tert-OH is 2. The van der Waals surface area contributed by atoms with E-state index in [1.807, 2.05) is 6.92 Å². The molecule has 4 nitrogen and oxygen atoms in total. The van der Waals surface area contributed by atoms with Gasteiger partial charge in [-0.05, 0) is 37.8 Å². The molecule has 0 aliphatic heterocycles. The smallest absolute Gasteiger partial charge is 0.335 e. The Hall–Kier alpha value is -1.39. The quantitative estimate of drug-likeness (QED) is 0.699. The summed E-state index contributed by atoms with van der Waals surface area (Å²) in [6.45, 7) is 1.92. The summed E-state index contributed by atoms with van der Waals surface area (Å²) in [6, 6.07) is 5.09. The fourth-order valence-corrected chi connectivity index (χ4v) is 1.78. The second kappa shape index (κ2) is 6.37. The lowest BCUT2D eigenvalue weighted by Gasteiger charge is -2.12. The molecule has 1 unspecified atom stereocenters. The molecule has 17 heavy (non-hydrogen) atoms. The van der Waals surface area contributed by atoms with Crippen LogP contribution >= 0.6 is 0 Å². The van der Waals surface area contributed by atoms with Crippen LogP contribution in [0.4, 0.5) is 0 Å². The highest BCUT2D eigenvalue weighted by atomic mass is 16.4. The van der Waals surface area contributed by atoms with E-state index in [9.17, 15) is 9.90 Å². The van der Waals surface area contributed by atoms with Crippen molar-refractivity contribution in [3.8, 4) is 0 Å². The number of benzene rings is 1. The van der Waals surface area contributed by atoms with Crippen molar-refractivity contribution < 1.29 is 20.1 Å². The predicted octanol–water partition coefficient (Wildman–Crippen LogP) is 1.37. The zero-order chi connectivity index (χ0) is 12.8. The molecule has 0 amide bonds. The van der Waals surface area contributed by atoms with Crippen molar-refractivity contribution >= 4 is 5.97 Å². The van der Waals surface area contributed by atoms with E-state index in [0.29, 0.717) is 24.8 Å². The van der Waals surface area contributed by atoms with Gasteiger partial charge in [-0.2, -0.15) is 0 Å². The maximum absolute atomic E-state index is 11.0. The largest absolute Gasteiger partial charge is 0.478 e. The van der Waals surface area contributed by atoms with Crippen LogP contribution in [-0.2, 0) is 6.42 Å². The molecule has 1 aromatic carbocycles. The summed E-state index contributed by atoms with van der Waals surface area (Å²) in [4.78, 5) is 11.0. The molecular formula is C13H18O4. The highest BCUT2D eigenvalue weighted by Crippen LogP contribution is 2.15. The number of hydrogen-bond acceptors (Lipinski definition) is 3. The van der Waals surface area contributed by atoms with Crippen LogP contribution in [-0.4, -0.2) is 34.0 Å². The second-order valence-electron chi connectivity index (χ2n) is 4.19. The summed E-state index contributed by atoms with van der Waals surface area (Å²) in [7, 11) is 0. The number of aliphatic hydroxyl groups is 2. The van der Waals surface area contributed by atoms with Crippen LogP contribution in [0.2, 0.25) is 0 Å². The van der Waals surface area contributed by atoms with Crippen molar-refractivity contribution in [2.24, 2.45) is 0 Å². The van der Waals surface area contributed by atoms with Gasteiger partial charge in [0.1, 0.15) is 0 Å². The van der Waals surface area contributed by atoms with E-state index in [0.717, 1.165) is 5.56 Å². The van der Waals surface area contributed by atoms with Crippen LogP contribution in [0.15, 0.2) is 18.2 Å². The molecule has 0 heterocycles. The molecule has 4 heteroatoms. The zero-order valence-electron chi connectivity index (χ0n) is 9.89. The molecule has 1 aromatic rings. The van der Waals surface area contributed by atoms with Crippen LogP contribution in [0.3, 0.4) is 0 Å². The Bertz CT molecular complexity index is 387. The summed E-state index contributed by atoms with van der Waals surface area (Å²) in [5, 5.41) is 27.4. The molecule has 0 aromatic heterocycles. The number of rotatable bonds is 6. The van der Waals surface area contributed by atoms with E-state index in [1.165, 1.54) is 0 Å². The van der Waals surface area contributed by atoms with E-state index in [-0.39, 0.29) is 12.2 Å². The number of aryl methyl sites for hydroxylation is 1. The molecule has 0 saturated carbocycles. The number of aromatic carboxylic acids is 1. The fourth-order valence-electron chi connectivity index (χ4n) is 1.78. The molecule has 0 aliphatic rings. The summed E-state index contributed by atoms with van der Waals surface area (Å²) < 4.78 is 0. The summed E-state index contributed by atoms with van der Waals surface area (Å²) >= 11 is 0. The van der Waals surface area contributed by atoms with E-state index < -0.39 is 12.1 Å². The maximum atomic E-state index is 11.0. The first-order valence-electron chi connectivity index (χ1n) is 5.66. The molecule has 0 fully saturated rings. The Labute approximate surface area is 101 Å². The molecule has 0 bridgehead atoms. The third-order valence-corrected chi connectivity index (χ3v) is 2.64. The van der Waals surface area contributed by atoms with E-state index in [4.69, 9.17) is 10.2 Å². The van der Waals surface area contributed by atoms with Gasteiger partial charge < -0.3 is 15.3 Å². The van der Waals surface area contributed by atoms with Crippen molar-refractivity contribution in [3.05, 3.63) is 34.9 Å². The zero-order valence-corrected chi connectivity index (χ0v) is 9.89. The minimum absolute atomic E-state index is 0.0384. The van der Waals surface area contributed by atoms with Crippen molar-refractivity contribution in [2.75, 3.05) is 6.61 Å². The molecule has 3 N–H and O–H groups in total. The normalized spacial score (nSPS) is 12.4. The van der Waals surface area contributed by atoms with Crippen LogP contribution in [0.25, 0.3) is 0 Å². The molecule has 1 rings (SSSR count). The van der Waals surface area contributed by atoms with Crippen molar-refractivity contribution in [3.63, 3.8) is 0 Å². The van der Waals surface area contributed by atoms with Gasteiger partial charge in [-0.25, -0.2) is 4.79 Å². The Morgan fingerprint density at radius 3 is 2.71 bits per heavy atom. The topological polar surface area (TPSA) is 77.8 Å². The molecule has 94 valence electrons. The van der Waals surface area contributed by atoms with Crippen LogP contribution in [0.5, 0.6) is 0 Å². The van der Waals surface area contributed by atoms with Gasteiger partial charge in [0, 0.05) is 6.61 Å². The van der Waals surface area contributed by atoms with Crippen molar-refractivity contribution in [1.82, 2.24) is 0 Å². The van der Waals surface area contributed by atoms with E-state index >= 15 is 0 Å². The fraction of sp³-hybridized carbons (Fsp3) is 0.462. The van der Waals surface area contributed by atoms with E-state index in [1.54, 1.807) is 18.2 Å². The molecule has 0 aliphatic carbocycles. The van der Waals surface area contributed by atoms with Gasteiger partial charge in [-0.3, -0.25) is 0 Å². The summed E-state index contributed by atoms with van der Waals surface area (Å²) in [5.41, 5.74) is 1.85. The first-order valence-corrected chi connectivity index (χ1v) is 5.66. The Morgan fingerprint density at radius 2 is 2.12 bits per heavy atom. The first-order chi connectivity index (χ1) is 8.04. The Morgan fingerprint density at radius 1 is 1.41 bits per heavy atom. The van der Waals surface area contributed by atoms with Crippen LogP contribution < -0.4 is 0 Å². The standard InChI is InChI=1S/C13H18O4/c1-9-4-5-12(13(16)17)10(7-9)8-11(15)3-2-6-14/h4-5,7,11,14-15H,2-3,6,8H2,1H3,(H,16,17). The molecule has 1 atom stereocenters.